The van der Waals surface area contributed by atoms with Crippen LogP contribution in [0.15, 0.2) is 36.5 Å². The summed E-state index contributed by atoms with van der Waals surface area (Å²) < 4.78 is 0. The summed E-state index contributed by atoms with van der Waals surface area (Å²) in [6.07, 6.45) is 1.65. The van der Waals surface area contributed by atoms with Gasteiger partial charge in [-0.25, -0.2) is 4.98 Å². The third kappa shape index (κ3) is 2.82. The molecule has 0 amide bonds. The molecule has 0 radical (unpaired) electrons. The van der Waals surface area contributed by atoms with Crippen LogP contribution in [0.2, 0.25) is 5.02 Å². The number of hydrogen-bond acceptors (Lipinski definition) is 2. The van der Waals surface area contributed by atoms with Crippen molar-refractivity contribution < 1.29 is 0 Å². The van der Waals surface area contributed by atoms with E-state index in [1.807, 2.05) is 12.1 Å². The molecule has 0 spiro atoms. The smallest absolute Gasteiger partial charge is 0.130 e. The first-order valence-corrected chi connectivity index (χ1v) is 6.44. The minimum absolute atomic E-state index is 0.472. The van der Waals surface area contributed by atoms with E-state index in [0.29, 0.717) is 10.9 Å². The van der Waals surface area contributed by atoms with Gasteiger partial charge in [0.05, 0.1) is 5.02 Å². The number of pyridine rings is 1. The number of aromatic nitrogens is 1. The largest absolute Gasteiger partial charge is 0.340 e. The molecule has 0 unspecified atom stereocenters. The number of anilines is 2. The van der Waals surface area contributed by atoms with Gasteiger partial charge in [-0.3, -0.25) is 0 Å². The van der Waals surface area contributed by atoms with Gasteiger partial charge in [0.2, 0.25) is 0 Å². The highest BCUT2D eigenvalue weighted by Gasteiger charge is 2.09. The lowest BCUT2D eigenvalue weighted by atomic mass is 9.98. The van der Waals surface area contributed by atoms with Crippen molar-refractivity contribution in [3.63, 3.8) is 0 Å². The molecule has 94 valence electrons. The van der Waals surface area contributed by atoms with E-state index in [1.54, 1.807) is 6.20 Å². The van der Waals surface area contributed by atoms with Crippen LogP contribution >= 0.6 is 11.6 Å². The van der Waals surface area contributed by atoms with Gasteiger partial charge >= 0.3 is 0 Å². The molecule has 0 fully saturated rings. The van der Waals surface area contributed by atoms with Crippen molar-refractivity contribution in [2.45, 2.75) is 26.7 Å². The van der Waals surface area contributed by atoms with E-state index in [4.69, 9.17) is 11.6 Å². The van der Waals surface area contributed by atoms with Crippen LogP contribution in [0.25, 0.3) is 0 Å². The van der Waals surface area contributed by atoms with Gasteiger partial charge in [-0.15, -0.1) is 0 Å². The Labute approximate surface area is 113 Å². The molecule has 18 heavy (non-hydrogen) atoms. The molecule has 0 aliphatic carbocycles. The zero-order valence-corrected chi connectivity index (χ0v) is 11.6. The summed E-state index contributed by atoms with van der Waals surface area (Å²) in [5, 5.41) is 4.03. The van der Waals surface area contributed by atoms with Crippen LogP contribution in [0.3, 0.4) is 0 Å². The van der Waals surface area contributed by atoms with Crippen molar-refractivity contribution in [3.05, 3.63) is 52.7 Å². The van der Waals surface area contributed by atoms with Crippen molar-refractivity contribution in [3.8, 4) is 0 Å². The van der Waals surface area contributed by atoms with Gasteiger partial charge in [-0.2, -0.15) is 0 Å². The van der Waals surface area contributed by atoms with Crippen molar-refractivity contribution in [2.75, 3.05) is 5.32 Å². The fourth-order valence-corrected chi connectivity index (χ4v) is 2.03. The van der Waals surface area contributed by atoms with Crippen molar-refractivity contribution in [1.82, 2.24) is 4.98 Å². The second-order valence-corrected chi connectivity index (χ2v) is 5.12. The second kappa shape index (κ2) is 5.40. The topological polar surface area (TPSA) is 24.9 Å². The lowest BCUT2D eigenvalue weighted by Gasteiger charge is -2.16. The van der Waals surface area contributed by atoms with Gasteiger partial charge in [-0.05, 0) is 36.1 Å². The summed E-state index contributed by atoms with van der Waals surface area (Å²) in [5.74, 6) is 1.29. The number of para-hydroxylation sites is 1. The molecule has 0 saturated heterocycles. The normalized spacial score (nSPS) is 10.7. The van der Waals surface area contributed by atoms with Crippen molar-refractivity contribution in [1.29, 1.82) is 0 Å². The summed E-state index contributed by atoms with van der Waals surface area (Å²) in [7, 11) is 0. The Morgan fingerprint density at radius 2 is 1.94 bits per heavy atom. The first kappa shape index (κ1) is 12.9. The summed E-state index contributed by atoms with van der Waals surface area (Å²) in [6, 6.07) is 10.1. The molecule has 2 rings (SSSR count). The molecule has 2 nitrogen and oxygen atoms in total. The van der Waals surface area contributed by atoms with E-state index in [9.17, 15) is 0 Å². The summed E-state index contributed by atoms with van der Waals surface area (Å²) in [6.45, 7) is 6.48. The minimum atomic E-state index is 0.472. The average Bonchev–Trinajstić information content (AvgIpc) is 2.34. The van der Waals surface area contributed by atoms with Crippen molar-refractivity contribution in [2.24, 2.45) is 0 Å². The first-order valence-electron chi connectivity index (χ1n) is 6.06. The molecule has 0 saturated carbocycles. The highest BCUT2D eigenvalue weighted by Crippen LogP contribution is 2.29. The van der Waals surface area contributed by atoms with Crippen LogP contribution in [0, 0.1) is 6.92 Å². The summed E-state index contributed by atoms with van der Waals surface area (Å²) in [4.78, 5) is 4.27. The standard InChI is InChI=1S/C15H17ClN2/c1-10(2)13-6-4-5-11(3)15(13)18-14-8-7-12(16)9-17-14/h4-10H,1-3H3,(H,17,18). The molecule has 2 aromatic rings. The lowest BCUT2D eigenvalue weighted by Crippen LogP contribution is -2.01. The fraction of sp³-hybridized carbons (Fsp3) is 0.267. The molecular weight excluding hydrogens is 244 g/mol. The Bertz CT molecular complexity index is 533. The monoisotopic (exact) mass is 260 g/mol. The number of aryl methyl sites for hydroxylation is 1. The predicted molar refractivity (Wildman–Crippen MR) is 77.8 cm³/mol. The lowest BCUT2D eigenvalue weighted by molar-refractivity contribution is 0.867. The fourth-order valence-electron chi connectivity index (χ4n) is 1.92. The van der Waals surface area contributed by atoms with Gasteiger partial charge in [-0.1, -0.05) is 43.6 Å². The maximum atomic E-state index is 5.84. The van der Waals surface area contributed by atoms with Gasteiger partial charge in [0.1, 0.15) is 5.82 Å². The third-order valence-electron chi connectivity index (χ3n) is 2.91. The van der Waals surface area contributed by atoms with E-state index in [-0.39, 0.29) is 0 Å². The van der Waals surface area contributed by atoms with E-state index in [2.05, 4.69) is 49.3 Å². The Balaban J connectivity index is 2.36. The van der Waals surface area contributed by atoms with Gasteiger partial charge in [0.25, 0.3) is 0 Å². The second-order valence-electron chi connectivity index (χ2n) is 4.68. The number of nitrogens with one attached hydrogen (secondary N) is 1. The molecular formula is C15H17ClN2. The number of rotatable bonds is 3. The zero-order valence-electron chi connectivity index (χ0n) is 10.9. The minimum Gasteiger partial charge on any atom is -0.340 e. The summed E-state index contributed by atoms with van der Waals surface area (Å²) >= 11 is 5.84. The third-order valence-corrected chi connectivity index (χ3v) is 3.13. The maximum Gasteiger partial charge on any atom is 0.130 e. The van der Waals surface area contributed by atoms with Crippen LogP contribution in [0.1, 0.15) is 30.9 Å². The molecule has 1 aromatic carbocycles. The Morgan fingerprint density at radius 3 is 2.56 bits per heavy atom. The molecule has 0 atom stereocenters. The van der Waals surface area contributed by atoms with Gasteiger partial charge in [0, 0.05) is 11.9 Å². The molecule has 1 heterocycles. The average molecular weight is 261 g/mol. The molecule has 1 aromatic heterocycles. The first-order chi connectivity index (χ1) is 8.58. The summed E-state index contributed by atoms with van der Waals surface area (Å²) in [5.41, 5.74) is 3.66. The Hall–Kier alpha value is -1.54. The number of halogens is 1. The van der Waals surface area contributed by atoms with Crippen molar-refractivity contribution >= 4 is 23.1 Å². The van der Waals surface area contributed by atoms with Crippen LogP contribution in [-0.2, 0) is 0 Å². The maximum absolute atomic E-state index is 5.84. The number of hydrogen-bond donors (Lipinski definition) is 1. The quantitative estimate of drug-likeness (QED) is 0.848. The van der Waals surface area contributed by atoms with Gasteiger partial charge in [0.15, 0.2) is 0 Å². The van der Waals surface area contributed by atoms with E-state index in [1.165, 1.54) is 11.1 Å². The van der Waals surface area contributed by atoms with Crippen LogP contribution < -0.4 is 5.32 Å². The van der Waals surface area contributed by atoms with Crippen LogP contribution in [0.5, 0.6) is 0 Å². The Kier molecular flexibility index (Phi) is 3.87. The molecule has 3 heteroatoms. The molecule has 1 N–H and O–H groups in total. The zero-order chi connectivity index (χ0) is 13.1. The highest BCUT2D eigenvalue weighted by molar-refractivity contribution is 6.30. The van der Waals surface area contributed by atoms with E-state index in [0.717, 1.165) is 11.5 Å². The SMILES string of the molecule is Cc1cccc(C(C)C)c1Nc1ccc(Cl)cn1. The highest BCUT2D eigenvalue weighted by atomic mass is 35.5. The van der Waals surface area contributed by atoms with Crippen LogP contribution in [-0.4, -0.2) is 4.98 Å². The molecule has 0 aliphatic heterocycles. The number of benzene rings is 1. The molecule has 0 bridgehead atoms. The Morgan fingerprint density at radius 1 is 1.17 bits per heavy atom. The predicted octanol–water partition coefficient (Wildman–Crippen LogP) is 4.91. The van der Waals surface area contributed by atoms with Crippen LogP contribution in [0.4, 0.5) is 11.5 Å². The number of nitrogens with zero attached hydrogens (tertiary/aromatic N) is 1. The van der Waals surface area contributed by atoms with E-state index >= 15 is 0 Å². The molecule has 0 aliphatic rings. The van der Waals surface area contributed by atoms with Gasteiger partial charge < -0.3 is 5.32 Å². The van der Waals surface area contributed by atoms with E-state index < -0.39 is 0 Å².